The standard InChI is InChI=1S/C30H24F2N6O3/c1-2-18-12-19-15-36(29(41)37-8-5-7-30(31,32)17-37)11-10-35-16-21(20(13-18)26(19)35)24-25(28(40)34-27(24)39)22-14-33-23-6-3-4-9-38(22)23/h1,3-4,6,9,12-14,16H,5,7-8,10-11,15,17H2,(H,34,39,40). The minimum atomic E-state index is -2.90. The second-order valence-corrected chi connectivity index (χ2v) is 10.6. The molecule has 11 heteroatoms. The van der Waals surface area contributed by atoms with E-state index in [2.05, 4.69) is 16.2 Å². The third kappa shape index (κ3) is 3.97. The van der Waals surface area contributed by atoms with Crippen molar-refractivity contribution in [2.45, 2.75) is 31.9 Å². The number of benzene rings is 1. The fourth-order valence-electron chi connectivity index (χ4n) is 6.19. The highest BCUT2D eigenvalue weighted by atomic mass is 19.3. The molecule has 0 unspecified atom stereocenters. The number of nitrogens with zero attached hydrogens (tertiary/aromatic N) is 5. The number of hydrogen-bond acceptors (Lipinski definition) is 4. The van der Waals surface area contributed by atoms with Crippen molar-refractivity contribution in [2.24, 2.45) is 0 Å². The van der Waals surface area contributed by atoms with Gasteiger partial charge in [-0.05, 0) is 36.2 Å². The molecule has 41 heavy (non-hydrogen) atoms. The molecule has 1 fully saturated rings. The Kier molecular flexibility index (Phi) is 5.51. The van der Waals surface area contributed by atoms with Crippen molar-refractivity contribution < 1.29 is 23.2 Å². The summed E-state index contributed by atoms with van der Waals surface area (Å²) in [6, 6.07) is 8.62. The normalized spacial score (nSPS) is 18.7. The number of amides is 4. The largest absolute Gasteiger partial charge is 0.345 e. The number of likely N-dealkylation sites (tertiary alicyclic amines) is 1. The predicted molar refractivity (Wildman–Crippen MR) is 147 cm³/mol. The molecular weight excluding hydrogens is 530 g/mol. The molecule has 9 nitrogen and oxygen atoms in total. The van der Waals surface area contributed by atoms with Gasteiger partial charge in [0.05, 0.1) is 35.1 Å². The summed E-state index contributed by atoms with van der Waals surface area (Å²) < 4.78 is 31.8. The molecule has 0 atom stereocenters. The lowest BCUT2D eigenvalue weighted by molar-refractivity contribution is -0.122. The van der Waals surface area contributed by atoms with Crippen LogP contribution in [0.25, 0.3) is 27.7 Å². The monoisotopic (exact) mass is 554 g/mol. The molecule has 0 spiro atoms. The van der Waals surface area contributed by atoms with Gasteiger partial charge in [-0.15, -0.1) is 6.42 Å². The van der Waals surface area contributed by atoms with Gasteiger partial charge in [-0.3, -0.25) is 19.3 Å². The number of imidazole rings is 1. The first-order valence-corrected chi connectivity index (χ1v) is 13.3. The summed E-state index contributed by atoms with van der Waals surface area (Å²) in [4.78, 5) is 46.9. The zero-order chi connectivity index (χ0) is 28.5. The highest BCUT2D eigenvalue weighted by Crippen LogP contribution is 2.39. The van der Waals surface area contributed by atoms with Crippen LogP contribution in [0.5, 0.6) is 0 Å². The Morgan fingerprint density at radius 2 is 1.90 bits per heavy atom. The van der Waals surface area contributed by atoms with Gasteiger partial charge in [-0.2, -0.15) is 0 Å². The topological polar surface area (TPSA) is 92.0 Å². The highest BCUT2D eigenvalue weighted by Gasteiger charge is 2.39. The van der Waals surface area contributed by atoms with Gasteiger partial charge in [0.1, 0.15) is 5.65 Å². The van der Waals surface area contributed by atoms with Crippen molar-refractivity contribution in [3.63, 3.8) is 0 Å². The summed E-state index contributed by atoms with van der Waals surface area (Å²) in [7, 11) is 0. The van der Waals surface area contributed by atoms with Crippen molar-refractivity contribution in [2.75, 3.05) is 19.6 Å². The zero-order valence-corrected chi connectivity index (χ0v) is 21.9. The van der Waals surface area contributed by atoms with Crippen molar-refractivity contribution in [3.05, 3.63) is 71.3 Å². The van der Waals surface area contributed by atoms with Gasteiger partial charge < -0.3 is 14.4 Å². The second kappa shape index (κ2) is 9.02. The Hall–Kier alpha value is -4.98. The molecule has 1 N–H and O–H groups in total. The average Bonchev–Trinajstić information content (AvgIpc) is 3.57. The minimum absolute atomic E-state index is 0.167. The number of alkyl halides is 2. The molecule has 6 heterocycles. The highest BCUT2D eigenvalue weighted by molar-refractivity contribution is 6.49. The Balaban J connectivity index is 1.36. The molecule has 206 valence electrons. The third-order valence-electron chi connectivity index (χ3n) is 8.00. The number of pyridine rings is 1. The van der Waals surface area contributed by atoms with Crippen LogP contribution < -0.4 is 5.32 Å². The van der Waals surface area contributed by atoms with E-state index in [1.807, 2.05) is 16.7 Å². The number of aromatic nitrogens is 3. The summed E-state index contributed by atoms with van der Waals surface area (Å²) in [6.45, 7) is 0.490. The van der Waals surface area contributed by atoms with Crippen LogP contribution >= 0.6 is 0 Å². The molecule has 1 saturated heterocycles. The Labute approximate surface area is 233 Å². The number of imide groups is 1. The van der Waals surface area contributed by atoms with Gasteiger partial charge in [-0.1, -0.05) is 12.0 Å². The van der Waals surface area contributed by atoms with Crippen molar-refractivity contribution in [1.82, 2.24) is 29.1 Å². The van der Waals surface area contributed by atoms with Crippen molar-refractivity contribution in [3.8, 4) is 12.3 Å². The van der Waals surface area contributed by atoms with Crippen LogP contribution in [-0.4, -0.2) is 67.2 Å². The number of carbonyl (C=O) groups excluding carboxylic acids is 3. The van der Waals surface area contributed by atoms with Crippen LogP contribution in [0.2, 0.25) is 0 Å². The maximum atomic E-state index is 14.1. The minimum Gasteiger partial charge on any atom is -0.345 e. The molecule has 3 aliphatic heterocycles. The van der Waals surface area contributed by atoms with Gasteiger partial charge in [0.25, 0.3) is 17.7 Å². The second-order valence-electron chi connectivity index (χ2n) is 10.6. The maximum Gasteiger partial charge on any atom is 0.320 e. The van der Waals surface area contributed by atoms with E-state index in [4.69, 9.17) is 6.42 Å². The fraction of sp³-hybridized carbons (Fsp3) is 0.267. The van der Waals surface area contributed by atoms with Crippen LogP contribution in [0, 0.1) is 12.3 Å². The summed E-state index contributed by atoms with van der Waals surface area (Å²) in [6.07, 6.45) is 11.0. The Morgan fingerprint density at radius 3 is 2.71 bits per heavy atom. The summed E-state index contributed by atoms with van der Waals surface area (Å²) in [5, 5.41) is 3.10. The first-order chi connectivity index (χ1) is 19.7. The number of piperidine rings is 1. The molecule has 3 aromatic heterocycles. The van der Waals surface area contributed by atoms with Gasteiger partial charge in [-0.25, -0.2) is 18.6 Å². The lowest BCUT2D eigenvalue weighted by Crippen LogP contribution is -2.51. The number of halogens is 2. The third-order valence-corrected chi connectivity index (χ3v) is 8.00. The van der Waals surface area contributed by atoms with Crippen LogP contribution in [0.15, 0.2) is 48.9 Å². The molecule has 0 aliphatic carbocycles. The SMILES string of the molecule is C#Cc1cc2c3c(c1)c(C1=C(c4cnc5ccccn45)C(=O)NC1=O)cn3CCN(C(=O)N1CCCC(F)(F)C1)C2. The van der Waals surface area contributed by atoms with Crippen LogP contribution in [-0.2, 0) is 22.7 Å². The molecule has 3 aliphatic rings. The number of terminal acetylenes is 1. The molecule has 0 radical (unpaired) electrons. The van der Waals surface area contributed by atoms with E-state index < -0.39 is 30.3 Å². The summed E-state index contributed by atoms with van der Waals surface area (Å²) in [5.74, 6) is -1.30. The first-order valence-electron chi connectivity index (χ1n) is 13.3. The zero-order valence-electron chi connectivity index (χ0n) is 21.9. The van der Waals surface area contributed by atoms with E-state index in [-0.39, 0.29) is 43.6 Å². The van der Waals surface area contributed by atoms with Gasteiger partial charge in [0.15, 0.2) is 0 Å². The molecule has 4 aromatic rings. The van der Waals surface area contributed by atoms with E-state index in [1.165, 1.54) is 4.90 Å². The van der Waals surface area contributed by atoms with Crippen molar-refractivity contribution in [1.29, 1.82) is 0 Å². The molecule has 4 amide bonds. The summed E-state index contributed by atoms with van der Waals surface area (Å²) >= 11 is 0. The van der Waals surface area contributed by atoms with Crippen LogP contribution in [0.1, 0.15) is 35.2 Å². The van der Waals surface area contributed by atoms with Gasteiger partial charge in [0, 0.05) is 61.5 Å². The molecule has 7 rings (SSSR count). The number of nitrogens with one attached hydrogen (secondary N) is 1. The molecular formula is C30H24F2N6O3. The Bertz CT molecular complexity index is 1880. The van der Waals surface area contributed by atoms with Gasteiger partial charge >= 0.3 is 6.03 Å². The number of hydrogen-bond donors (Lipinski definition) is 1. The predicted octanol–water partition coefficient (Wildman–Crippen LogP) is 3.50. The smallest absolute Gasteiger partial charge is 0.320 e. The van der Waals surface area contributed by atoms with E-state index in [0.717, 1.165) is 11.1 Å². The lowest BCUT2D eigenvalue weighted by Gasteiger charge is -2.36. The van der Waals surface area contributed by atoms with Gasteiger partial charge in [0.2, 0.25) is 0 Å². The molecule has 0 bridgehead atoms. The molecule has 1 aromatic carbocycles. The maximum absolute atomic E-state index is 14.1. The van der Waals surface area contributed by atoms with E-state index in [1.54, 1.807) is 46.1 Å². The first kappa shape index (κ1) is 25.0. The van der Waals surface area contributed by atoms with E-state index in [9.17, 15) is 23.2 Å². The fourth-order valence-corrected chi connectivity index (χ4v) is 6.19. The number of rotatable bonds is 2. The lowest BCUT2D eigenvalue weighted by atomic mass is 9.96. The van der Waals surface area contributed by atoms with E-state index >= 15 is 0 Å². The Morgan fingerprint density at radius 1 is 1.07 bits per heavy atom. The average molecular weight is 555 g/mol. The molecule has 0 saturated carbocycles. The van der Waals surface area contributed by atoms with E-state index in [0.29, 0.717) is 34.4 Å². The number of carbonyl (C=O) groups is 3. The van der Waals surface area contributed by atoms with Crippen LogP contribution in [0.3, 0.4) is 0 Å². The number of fused-ring (bicyclic) bond motifs is 1. The number of urea groups is 1. The van der Waals surface area contributed by atoms with Crippen molar-refractivity contribution >= 4 is 45.5 Å². The quantitative estimate of drug-likeness (QED) is 0.303. The van der Waals surface area contributed by atoms with Crippen LogP contribution in [0.4, 0.5) is 13.6 Å². The summed E-state index contributed by atoms with van der Waals surface area (Å²) in [5.41, 5.74) is 4.12.